The van der Waals surface area contributed by atoms with Gasteiger partial charge in [0.25, 0.3) is 0 Å². The molecule has 0 saturated carbocycles. The van der Waals surface area contributed by atoms with Gasteiger partial charge < -0.3 is 18.8 Å². The van der Waals surface area contributed by atoms with Gasteiger partial charge in [0.2, 0.25) is 6.29 Å². The van der Waals surface area contributed by atoms with Crippen molar-refractivity contribution in [2.75, 3.05) is 4.90 Å². The summed E-state index contributed by atoms with van der Waals surface area (Å²) in [5.74, 6) is -0.516. The van der Waals surface area contributed by atoms with Gasteiger partial charge in [-0.1, -0.05) is 20.8 Å². The molecule has 0 aliphatic carbocycles. The van der Waals surface area contributed by atoms with Crippen LogP contribution in [0.25, 0.3) is 5.69 Å². The number of rotatable bonds is 5. The van der Waals surface area contributed by atoms with Crippen LogP contribution >= 0.6 is 0 Å². The van der Waals surface area contributed by atoms with Crippen LogP contribution in [-0.4, -0.2) is 41.4 Å². The number of hydrogen-bond donors (Lipinski definition) is 1. The predicted molar refractivity (Wildman–Crippen MR) is 110 cm³/mol. The number of hydrogen-bond acceptors (Lipinski definition) is 5. The average Bonchev–Trinajstić information content (AvgIpc) is 3.17. The van der Waals surface area contributed by atoms with E-state index in [2.05, 4.69) is 38.8 Å². The van der Waals surface area contributed by atoms with E-state index in [-0.39, 0.29) is 5.04 Å². The molecular formula is C20H28FN3O4Si. The highest BCUT2D eigenvalue weighted by Crippen LogP contribution is 2.37. The predicted octanol–water partition coefficient (Wildman–Crippen LogP) is 4.20. The first-order valence-corrected chi connectivity index (χ1v) is 12.5. The van der Waals surface area contributed by atoms with Crippen molar-refractivity contribution >= 4 is 20.1 Å². The SMILES string of the molecule is CC1[C@H](O)OC(=O)N1c1ccc(-n2cnc(CO[Si](C)(C)C(C)(C)C)c2)c(F)c1. The number of carbonyl (C=O) groups excluding carboxylic acids is 1. The molecule has 1 aromatic heterocycles. The minimum atomic E-state index is -1.90. The van der Waals surface area contributed by atoms with Crippen LogP contribution < -0.4 is 4.90 Å². The van der Waals surface area contributed by atoms with Crippen molar-refractivity contribution in [2.45, 2.75) is 64.8 Å². The average molecular weight is 422 g/mol. The van der Waals surface area contributed by atoms with Gasteiger partial charge in [0.15, 0.2) is 8.32 Å². The number of aromatic nitrogens is 2. The molecule has 2 aromatic rings. The maximum Gasteiger partial charge on any atom is 0.417 e. The molecular weight excluding hydrogens is 393 g/mol. The summed E-state index contributed by atoms with van der Waals surface area (Å²) in [5, 5.41) is 9.76. The Morgan fingerprint density at radius 2 is 2.03 bits per heavy atom. The Hall–Kier alpha value is -2.23. The smallest absolute Gasteiger partial charge is 0.417 e. The van der Waals surface area contributed by atoms with Crippen LogP contribution in [0, 0.1) is 5.82 Å². The lowest BCUT2D eigenvalue weighted by Crippen LogP contribution is -2.40. The fourth-order valence-electron chi connectivity index (χ4n) is 2.79. The molecule has 9 heteroatoms. The molecule has 1 N–H and O–H groups in total. The number of imidazole rings is 1. The third kappa shape index (κ3) is 4.21. The number of halogens is 1. The largest absolute Gasteiger partial charge is 0.417 e. The standard InChI is InChI=1S/C20H28FN3O4Si/c1-13-18(25)28-19(26)24(13)15-7-8-17(16(21)9-15)23-10-14(22-12-23)11-27-29(5,6)20(2,3)4/h7-10,12-13,18,25H,11H2,1-6H3/t13?,18-/m1/s1. The molecule has 7 nitrogen and oxygen atoms in total. The topological polar surface area (TPSA) is 76.8 Å². The van der Waals surface area contributed by atoms with Crippen LogP contribution in [0.4, 0.5) is 14.9 Å². The first-order chi connectivity index (χ1) is 13.4. The number of aliphatic hydroxyl groups excluding tert-OH is 1. The van der Waals surface area contributed by atoms with E-state index in [1.807, 2.05) is 0 Å². The van der Waals surface area contributed by atoms with Crippen molar-refractivity contribution in [3.05, 3.63) is 42.2 Å². The zero-order chi connectivity index (χ0) is 21.6. The highest BCUT2D eigenvalue weighted by Gasteiger charge is 2.39. The molecule has 1 saturated heterocycles. The van der Waals surface area contributed by atoms with Crippen LogP contribution in [0.5, 0.6) is 0 Å². The van der Waals surface area contributed by atoms with Gasteiger partial charge in [-0.25, -0.2) is 14.2 Å². The Morgan fingerprint density at radius 3 is 2.59 bits per heavy atom. The first kappa shape index (κ1) is 21.5. The molecule has 0 bridgehead atoms. The molecule has 1 amide bonds. The molecule has 0 spiro atoms. The van der Waals surface area contributed by atoms with Crippen LogP contribution in [0.15, 0.2) is 30.7 Å². The summed E-state index contributed by atoms with van der Waals surface area (Å²) in [4.78, 5) is 17.4. The monoisotopic (exact) mass is 421 g/mol. The summed E-state index contributed by atoms with van der Waals surface area (Å²) in [5.41, 5.74) is 1.35. The van der Waals surface area contributed by atoms with Gasteiger partial charge in [0.1, 0.15) is 5.82 Å². The van der Waals surface area contributed by atoms with E-state index in [0.29, 0.717) is 18.0 Å². The van der Waals surface area contributed by atoms with E-state index in [4.69, 9.17) is 9.16 Å². The van der Waals surface area contributed by atoms with Crippen molar-refractivity contribution in [3.8, 4) is 5.69 Å². The van der Waals surface area contributed by atoms with Gasteiger partial charge in [-0.15, -0.1) is 0 Å². The van der Waals surface area contributed by atoms with E-state index >= 15 is 0 Å². The summed E-state index contributed by atoms with van der Waals surface area (Å²) >= 11 is 0. The summed E-state index contributed by atoms with van der Waals surface area (Å²) < 4.78 is 27.3. The second-order valence-electron chi connectivity index (χ2n) is 8.84. The number of ether oxygens (including phenoxy) is 1. The van der Waals surface area contributed by atoms with E-state index in [1.54, 1.807) is 36.1 Å². The van der Waals surface area contributed by atoms with Gasteiger partial charge in [0, 0.05) is 6.20 Å². The van der Waals surface area contributed by atoms with Crippen molar-refractivity contribution in [2.24, 2.45) is 0 Å². The Kier molecular flexibility index (Phi) is 5.59. The van der Waals surface area contributed by atoms with Crippen LogP contribution in [-0.2, 0) is 15.8 Å². The van der Waals surface area contributed by atoms with Crippen molar-refractivity contribution in [1.82, 2.24) is 9.55 Å². The molecule has 1 aliphatic rings. The summed E-state index contributed by atoms with van der Waals surface area (Å²) in [6.45, 7) is 12.9. The number of anilines is 1. The van der Waals surface area contributed by atoms with Gasteiger partial charge in [0.05, 0.1) is 36.0 Å². The molecule has 1 fully saturated rings. The molecule has 3 rings (SSSR count). The highest BCUT2D eigenvalue weighted by atomic mass is 28.4. The summed E-state index contributed by atoms with van der Waals surface area (Å²) in [6, 6.07) is 3.83. The fourth-order valence-corrected chi connectivity index (χ4v) is 3.73. The molecule has 1 unspecified atom stereocenters. The Bertz CT molecular complexity index is 909. The zero-order valence-electron chi connectivity index (χ0n) is 17.6. The van der Waals surface area contributed by atoms with Crippen molar-refractivity contribution < 1.29 is 23.5 Å². The maximum atomic E-state index is 14.8. The Labute approximate surface area is 171 Å². The second-order valence-corrected chi connectivity index (χ2v) is 13.7. The molecule has 0 radical (unpaired) electrons. The number of nitrogens with zero attached hydrogens (tertiary/aromatic N) is 3. The van der Waals surface area contributed by atoms with Gasteiger partial charge in [-0.05, 0) is 43.3 Å². The van der Waals surface area contributed by atoms with E-state index in [9.17, 15) is 14.3 Å². The van der Waals surface area contributed by atoms with E-state index in [1.165, 1.54) is 11.0 Å². The number of amides is 1. The van der Waals surface area contributed by atoms with E-state index in [0.717, 1.165) is 5.69 Å². The molecule has 2 atom stereocenters. The lowest BCUT2D eigenvalue weighted by molar-refractivity contribution is -0.0312. The quantitative estimate of drug-likeness (QED) is 0.733. The Balaban J connectivity index is 1.76. The normalized spacial score (nSPS) is 20.3. The van der Waals surface area contributed by atoms with Crippen LogP contribution in [0.1, 0.15) is 33.4 Å². The van der Waals surface area contributed by atoms with E-state index < -0.39 is 32.6 Å². The number of cyclic esters (lactones) is 1. The zero-order valence-corrected chi connectivity index (χ0v) is 18.6. The van der Waals surface area contributed by atoms with Crippen molar-refractivity contribution in [3.63, 3.8) is 0 Å². The molecule has 1 aromatic carbocycles. The number of carbonyl (C=O) groups is 1. The lowest BCUT2D eigenvalue weighted by Gasteiger charge is -2.35. The molecule has 29 heavy (non-hydrogen) atoms. The number of aliphatic hydroxyl groups is 1. The minimum absolute atomic E-state index is 0.0962. The van der Waals surface area contributed by atoms with Gasteiger partial charge >= 0.3 is 6.09 Å². The molecule has 1 aliphatic heterocycles. The van der Waals surface area contributed by atoms with Gasteiger partial charge in [-0.2, -0.15) is 0 Å². The highest BCUT2D eigenvalue weighted by molar-refractivity contribution is 6.74. The Morgan fingerprint density at radius 1 is 1.34 bits per heavy atom. The van der Waals surface area contributed by atoms with Gasteiger partial charge in [-0.3, -0.25) is 4.90 Å². The van der Waals surface area contributed by atoms with Crippen LogP contribution in [0.3, 0.4) is 0 Å². The first-order valence-electron chi connectivity index (χ1n) is 9.55. The summed E-state index contributed by atoms with van der Waals surface area (Å²) in [7, 11) is -1.90. The summed E-state index contributed by atoms with van der Waals surface area (Å²) in [6.07, 6.45) is 1.34. The third-order valence-electron chi connectivity index (χ3n) is 5.75. The second kappa shape index (κ2) is 7.55. The maximum absolute atomic E-state index is 14.8. The lowest BCUT2D eigenvalue weighted by atomic mass is 10.2. The third-order valence-corrected chi connectivity index (χ3v) is 10.2. The fraction of sp³-hybridized carbons (Fsp3) is 0.500. The molecule has 2 heterocycles. The van der Waals surface area contributed by atoms with Crippen LogP contribution in [0.2, 0.25) is 18.1 Å². The molecule has 158 valence electrons. The number of benzene rings is 1. The minimum Gasteiger partial charge on any atom is -0.417 e. The van der Waals surface area contributed by atoms with Crippen molar-refractivity contribution in [1.29, 1.82) is 0 Å².